The summed E-state index contributed by atoms with van der Waals surface area (Å²) in [5.41, 5.74) is 5.05. The fourth-order valence-electron chi connectivity index (χ4n) is 3.39. The second kappa shape index (κ2) is 8.06. The minimum Gasteiger partial charge on any atom is -0.508 e. The van der Waals surface area contributed by atoms with E-state index in [1.165, 1.54) is 30.4 Å². The molecule has 132 valence electrons. The molecule has 0 saturated heterocycles. The zero-order valence-corrected chi connectivity index (χ0v) is 14.7. The molecule has 1 unspecified atom stereocenters. The van der Waals surface area contributed by atoms with Crippen molar-refractivity contribution in [1.29, 1.82) is 0 Å². The Balaban J connectivity index is 1.49. The van der Waals surface area contributed by atoms with Gasteiger partial charge in [-0.25, -0.2) is 4.79 Å². The van der Waals surface area contributed by atoms with Crippen molar-refractivity contribution < 1.29 is 9.90 Å². The third-order valence-electron chi connectivity index (χ3n) is 4.83. The second-order valence-electron chi connectivity index (χ2n) is 6.78. The SMILES string of the molecule is CC(NC(=O)NCCc1cccc(O)c1)c1ccc2c(c1)CCCC2. The summed E-state index contributed by atoms with van der Waals surface area (Å²) in [6.07, 6.45) is 5.55. The molecule has 1 aliphatic carbocycles. The van der Waals surface area contributed by atoms with Crippen LogP contribution in [-0.4, -0.2) is 17.7 Å². The van der Waals surface area contributed by atoms with Crippen molar-refractivity contribution in [2.75, 3.05) is 6.54 Å². The fourth-order valence-corrected chi connectivity index (χ4v) is 3.39. The van der Waals surface area contributed by atoms with E-state index in [0.717, 1.165) is 17.5 Å². The Morgan fingerprint density at radius 1 is 1.12 bits per heavy atom. The molecular formula is C21H26N2O2. The molecule has 1 aliphatic rings. The molecule has 0 bridgehead atoms. The Hall–Kier alpha value is -2.49. The van der Waals surface area contributed by atoms with Crippen LogP contribution in [0.1, 0.15) is 48.1 Å². The van der Waals surface area contributed by atoms with Gasteiger partial charge in [0.2, 0.25) is 0 Å². The van der Waals surface area contributed by atoms with Gasteiger partial charge in [-0.3, -0.25) is 0 Å². The van der Waals surface area contributed by atoms with E-state index in [-0.39, 0.29) is 17.8 Å². The average molecular weight is 338 g/mol. The smallest absolute Gasteiger partial charge is 0.315 e. The number of phenols is 1. The van der Waals surface area contributed by atoms with E-state index in [2.05, 4.69) is 28.8 Å². The highest BCUT2D eigenvalue weighted by molar-refractivity contribution is 5.74. The van der Waals surface area contributed by atoms with Crippen molar-refractivity contribution in [3.05, 3.63) is 64.7 Å². The number of amides is 2. The Bertz CT molecular complexity index is 742. The topological polar surface area (TPSA) is 61.4 Å². The fraction of sp³-hybridized carbons (Fsp3) is 0.381. The second-order valence-corrected chi connectivity index (χ2v) is 6.78. The van der Waals surface area contributed by atoms with Crippen LogP contribution < -0.4 is 10.6 Å². The predicted octanol–water partition coefficient (Wildman–Crippen LogP) is 3.87. The molecule has 0 spiro atoms. The number of phenolic OH excluding ortho intramolecular Hbond substituents is 1. The molecule has 4 heteroatoms. The van der Waals surface area contributed by atoms with Crippen molar-refractivity contribution in [2.45, 2.75) is 45.1 Å². The zero-order chi connectivity index (χ0) is 17.6. The van der Waals surface area contributed by atoms with E-state index in [4.69, 9.17) is 0 Å². The van der Waals surface area contributed by atoms with Gasteiger partial charge in [0, 0.05) is 6.54 Å². The quantitative estimate of drug-likeness (QED) is 0.775. The number of rotatable bonds is 5. The van der Waals surface area contributed by atoms with Gasteiger partial charge in [-0.05, 0) is 73.4 Å². The molecule has 2 amide bonds. The van der Waals surface area contributed by atoms with Crippen LogP contribution in [0.4, 0.5) is 4.79 Å². The number of urea groups is 1. The molecule has 0 heterocycles. The van der Waals surface area contributed by atoms with Crippen LogP contribution in [0.15, 0.2) is 42.5 Å². The standard InChI is InChI=1S/C21H26N2O2/c1-15(18-10-9-17-6-2-3-7-19(17)14-18)23-21(25)22-12-11-16-5-4-8-20(24)13-16/h4-5,8-10,13-15,24H,2-3,6-7,11-12H2,1H3,(H2,22,23,25). The molecule has 4 nitrogen and oxygen atoms in total. The number of aromatic hydroxyl groups is 1. The van der Waals surface area contributed by atoms with Crippen molar-refractivity contribution in [1.82, 2.24) is 10.6 Å². The van der Waals surface area contributed by atoms with Gasteiger partial charge in [-0.15, -0.1) is 0 Å². The number of nitrogens with one attached hydrogen (secondary N) is 2. The third kappa shape index (κ3) is 4.75. The van der Waals surface area contributed by atoms with E-state index >= 15 is 0 Å². The summed E-state index contributed by atoms with van der Waals surface area (Å²) in [6.45, 7) is 2.55. The van der Waals surface area contributed by atoms with E-state index in [1.54, 1.807) is 12.1 Å². The monoisotopic (exact) mass is 338 g/mol. The predicted molar refractivity (Wildman–Crippen MR) is 99.8 cm³/mol. The summed E-state index contributed by atoms with van der Waals surface area (Å²) in [5.74, 6) is 0.253. The van der Waals surface area contributed by atoms with Gasteiger partial charge < -0.3 is 15.7 Å². The summed E-state index contributed by atoms with van der Waals surface area (Å²) in [4.78, 5) is 12.1. The molecule has 0 aromatic heterocycles. The Morgan fingerprint density at radius 3 is 2.72 bits per heavy atom. The number of hydrogen-bond acceptors (Lipinski definition) is 2. The van der Waals surface area contributed by atoms with Gasteiger partial charge in [-0.1, -0.05) is 30.3 Å². The van der Waals surface area contributed by atoms with Crippen molar-refractivity contribution in [2.24, 2.45) is 0 Å². The average Bonchev–Trinajstić information content (AvgIpc) is 2.61. The molecule has 0 radical (unpaired) electrons. The maximum Gasteiger partial charge on any atom is 0.315 e. The largest absolute Gasteiger partial charge is 0.508 e. The van der Waals surface area contributed by atoms with E-state index in [0.29, 0.717) is 13.0 Å². The molecule has 3 N–H and O–H groups in total. The lowest BCUT2D eigenvalue weighted by Crippen LogP contribution is -2.38. The molecule has 3 rings (SSSR count). The van der Waals surface area contributed by atoms with Crippen LogP contribution in [-0.2, 0) is 19.3 Å². The Morgan fingerprint density at radius 2 is 1.92 bits per heavy atom. The molecule has 2 aromatic rings. The van der Waals surface area contributed by atoms with Crippen LogP contribution in [0.25, 0.3) is 0 Å². The molecule has 0 fully saturated rings. The van der Waals surface area contributed by atoms with Crippen molar-refractivity contribution >= 4 is 6.03 Å². The molecule has 2 aromatic carbocycles. The lowest BCUT2D eigenvalue weighted by atomic mass is 9.89. The van der Waals surface area contributed by atoms with Crippen LogP contribution in [0.2, 0.25) is 0 Å². The summed E-state index contributed by atoms with van der Waals surface area (Å²) >= 11 is 0. The van der Waals surface area contributed by atoms with Gasteiger partial charge in [0.1, 0.15) is 5.75 Å². The third-order valence-corrected chi connectivity index (χ3v) is 4.83. The minimum atomic E-state index is -0.162. The lowest BCUT2D eigenvalue weighted by molar-refractivity contribution is 0.238. The van der Waals surface area contributed by atoms with Crippen LogP contribution >= 0.6 is 0 Å². The number of carbonyl (C=O) groups excluding carboxylic acids is 1. The Kier molecular flexibility index (Phi) is 5.59. The highest BCUT2D eigenvalue weighted by Crippen LogP contribution is 2.24. The minimum absolute atomic E-state index is 0.0204. The van der Waals surface area contributed by atoms with Crippen molar-refractivity contribution in [3.63, 3.8) is 0 Å². The number of hydrogen-bond donors (Lipinski definition) is 3. The first-order valence-electron chi connectivity index (χ1n) is 9.06. The molecule has 1 atom stereocenters. The number of carbonyl (C=O) groups is 1. The summed E-state index contributed by atoms with van der Waals surface area (Å²) in [6, 6.07) is 13.5. The van der Waals surface area contributed by atoms with Gasteiger partial charge in [0.25, 0.3) is 0 Å². The van der Waals surface area contributed by atoms with Gasteiger partial charge in [-0.2, -0.15) is 0 Å². The highest BCUT2D eigenvalue weighted by Gasteiger charge is 2.13. The van der Waals surface area contributed by atoms with E-state index < -0.39 is 0 Å². The van der Waals surface area contributed by atoms with Crippen LogP contribution in [0, 0.1) is 0 Å². The molecule has 25 heavy (non-hydrogen) atoms. The summed E-state index contributed by atoms with van der Waals surface area (Å²) in [7, 11) is 0. The first kappa shape index (κ1) is 17.3. The normalized spacial score (nSPS) is 14.4. The van der Waals surface area contributed by atoms with Gasteiger partial charge >= 0.3 is 6.03 Å². The Labute approximate surface area is 149 Å². The maximum atomic E-state index is 12.1. The van der Waals surface area contributed by atoms with E-state index in [9.17, 15) is 9.90 Å². The number of fused-ring (bicyclic) bond motifs is 1. The zero-order valence-electron chi connectivity index (χ0n) is 14.7. The highest BCUT2D eigenvalue weighted by atomic mass is 16.3. The van der Waals surface area contributed by atoms with Gasteiger partial charge in [0.05, 0.1) is 6.04 Å². The van der Waals surface area contributed by atoms with Crippen LogP contribution in [0.3, 0.4) is 0 Å². The van der Waals surface area contributed by atoms with Gasteiger partial charge in [0.15, 0.2) is 0 Å². The summed E-state index contributed by atoms with van der Waals surface area (Å²) in [5, 5.41) is 15.3. The number of aryl methyl sites for hydroxylation is 2. The number of benzene rings is 2. The van der Waals surface area contributed by atoms with E-state index in [1.807, 2.05) is 19.1 Å². The maximum absolute atomic E-state index is 12.1. The van der Waals surface area contributed by atoms with Crippen LogP contribution in [0.5, 0.6) is 5.75 Å². The molecule has 0 saturated carbocycles. The first-order valence-corrected chi connectivity index (χ1v) is 9.06. The molecular weight excluding hydrogens is 312 g/mol. The lowest BCUT2D eigenvalue weighted by Gasteiger charge is -2.20. The van der Waals surface area contributed by atoms with Crippen molar-refractivity contribution in [3.8, 4) is 5.75 Å². The first-order chi connectivity index (χ1) is 12.1. The molecule has 0 aliphatic heterocycles. The summed E-state index contributed by atoms with van der Waals surface area (Å²) < 4.78 is 0.